The van der Waals surface area contributed by atoms with Crippen molar-refractivity contribution in [1.29, 1.82) is 0 Å². The number of hydrogen-bond acceptors (Lipinski definition) is 3. The maximum Gasteiger partial charge on any atom is 0.228 e. The average Bonchev–Trinajstić information content (AvgIpc) is 2.97. The Morgan fingerprint density at radius 1 is 1.04 bits per heavy atom. The van der Waals surface area contributed by atoms with Crippen molar-refractivity contribution in [3.05, 3.63) is 71.5 Å². The maximum absolute atomic E-state index is 12.5. The molecule has 3 aromatic rings. The molecule has 0 aliphatic rings. The van der Waals surface area contributed by atoms with E-state index < -0.39 is 0 Å². The zero-order valence-electron chi connectivity index (χ0n) is 13.0. The summed E-state index contributed by atoms with van der Waals surface area (Å²) in [5, 5.41) is 3.72. The first-order valence-corrected chi connectivity index (χ1v) is 7.45. The fourth-order valence-corrected chi connectivity index (χ4v) is 2.55. The van der Waals surface area contributed by atoms with Gasteiger partial charge in [-0.2, -0.15) is 0 Å². The Morgan fingerprint density at radius 3 is 2.39 bits per heavy atom. The number of ketones is 1. The van der Waals surface area contributed by atoms with Crippen LogP contribution in [0.3, 0.4) is 0 Å². The highest BCUT2D eigenvalue weighted by Crippen LogP contribution is 2.22. The summed E-state index contributed by atoms with van der Waals surface area (Å²) in [6.45, 7) is 3.38. The van der Waals surface area contributed by atoms with Crippen LogP contribution in [0.1, 0.15) is 41.6 Å². The van der Waals surface area contributed by atoms with Crippen molar-refractivity contribution in [2.45, 2.75) is 19.9 Å². The molecule has 0 unspecified atom stereocenters. The van der Waals surface area contributed by atoms with Crippen molar-refractivity contribution in [1.82, 2.24) is 5.32 Å². The molecular formula is C19H17NO3. The lowest BCUT2D eigenvalue weighted by Crippen LogP contribution is -2.23. The van der Waals surface area contributed by atoms with Gasteiger partial charge in [-0.25, -0.2) is 0 Å². The van der Waals surface area contributed by atoms with Crippen LogP contribution in [0.4, 0.5) is 0 Å². The number of nitrogens with one attached hydrogen (secondary N) is 1. The number of para-hydroxylation sites is 1. The second-order valence-corrected chi connectivity index (χ2v) is 5.52. The Bertz CT molecular complexity index is 829. The smallest absolute Gasteiger partial charge is 0.228 e. The number of carbonyl (C=O) groups excluding carboxylic acids is 2. The first-order valence-electron chi connectivity index (χ1n) is 7.45. The van der Waals surface area contributed by atoms with E-state index >= 15 is 0 Å². The minimum absolute atomic E-state index is 0.0834. The topological polar surface area (TPSA) is 59.3 Å². The molecule has 0 aliphatic carbocycles. The van der Waals surface area contributed by atoms with Crippen LogP contribution < -0.4 is 5.32 Å². The van der Waals surface area contributed by atoms with Gasteiger partial charge in [-0.1, -0.05) is 42.5 Å². The Hall–Kier alpha value is -2.88. The molecule has 1 amide bonds. The van der Waals surface area contributed by atoms with Crippen LogP contribution in [0, 0.1) is 0 Å². The van der Waals surface area contributed by atoms with E-state index in [9.17, 15) is 9.59 Å². The molecule has 1 heterocycles. The second-order valence-electron chi connectivity index (χ2n) is 5.52. The molecule has 0 bridgehead atoms. The zero-order valence-corrected chi connectivity index (χ0v) is 13.0. The van der Waals surface area contributed by atoms with Gasteiger partial charge in [0.25, 0.3) is 0 Å². The van der Waals surface area contributed by atoms with Crippen LogP contribution in [-0.4, -0.2) is 11.7 Å². The molecule has 0 radical (unpaired) electrons. The van der Waals surface area contributed by atoms with E-state index in [0.29, 0.717) is 16.9 Å². The van der Waals surface area contributed by atoms with Crippen LogP contribution in [0.2, 0.25) is 0 Å². The van der Waals surface area contributed by atoms with Gasteiger partial charge in [-0.15, -0.1) is 0 Å². The molecule has 0 spiro atoms. The predicted octanol–water partition coefficient (Wildman–Crippen LogP) is 3.86. The summed E-state index contributed by atoms with van der Waals surface area (Å²) in [5.74, 6) is 0.0914. The van der Waals surface area contributed by atoms with E-state index in [0.717, 1.165) is 10.9 Å². The lowest BCUT2D eigenvalue weighted by molar-refractivity contribution is -0.119. The molecule has 3 rings (SSSR count). The van der Waals surface area contributed by atoms with Crippen molar-refractivity contribution in [3.8, 4) is 0 Å². The average molecular weight is 307 g/mol. The molecule has 116 valence electrons. The molecule has 0 aliphatic heterocycles. The Balaban J connectivity index is 1.83. The van der Waals surface area contributed by atoms with E-state index in [4.69, 9.17) is 4.42 Å². The number of carbonyl (C=O) groups is 2. The van der Waals surface area contributed by atoms with Gasteiger partial charge >= 0.3 is 0 Å². The quantitative estimate of drug-likeness (QED) is 0.745. The summed E-state index contributed by atoms with van der Waals surface area (Å²) in [6.07, 6.45) is 0. The van der Waals surface area contributed by atoms with Gasteiger partial charge in [-0.05, 0) is 24.6 Å². The third-order valence-electron chi connectivity index (χ3n) is 3.74. The van der Waals surface area contributed by atoms with Crippen molar-refractivity contribution >= 4 is 22.7 Å². The Labute approximate surface area is 134 Å². The minimum Gasteiger partial charge on any atom is -0.453 e. The van der Waals surface area contributed by atoms with Crippen molar-refractivity contribution < 1.29 is 14.0 Å². The van der Waals surface area contributed by atoms with Crippen LogP contribution >= 0.6 is 0 Å². The number of fused-ring (bicyclic) bond motifs is 1. The summed E-state index contributed by atoms with van der Waals surface area (Å²) in [4.78, 5) is 23.6. The first-order chi connectivity index (χ1) is 11.0. The Kier molecular flexibility index (Phi) is 3.98. The molecule has 0 saturated heterocycles. The summed E-state index contributed by atoms with van der Waals surface area (Å²) < 4.78 is 5.61. The summed E-state index contributed by atoms with van der Waals surface area (Å²) >= 11 is 0. The highest BCUT2D eigenvalue weighted by atomic mass is 16.3. The van der Waals surface area contributed by atoms with Crippen molar-refractivity contribution in [2.75, 3.05) is 0 Å². The molecule has 4 nitrogen and oxygen atoms in total. The molecule has 4 heteroatoms. The van der Waals surface area contributed by atoms with Crippen LogP contribution in [0.15, 0.2) is 59.0 Å². The highest BCUT2D eigenvalue weighted by Gasteiger charge is 2.15. The van der Waals surface area contributed by atoms with Gasteiger partial charge in [0, 0.05) is 17.9 Å². The van der Waals surface area contributed by atoms with E-state index in [-0.39, 0.29) is 17.7 Å². The maximum atomic E-state index is 12.5. The summed E-state index contributed by atoms with van der Waals surface area (Å²) in [6, 6.07) is 16.4. The van der Waals surface area contributed by atoms with Crippen molar-refractivity contribution in [2.24, 2.45) is 0 Å². The second kappa shape index (κ2) is 6.08. The number of benzene rings is 2. The lowest BCUT2D eigenvalue weighted by atomic mass is 10.0. The lowest BCUT2D eigenvalue weighted by Gasteiger charge is -2.12. The zero-order chi connectivity index (χ0) is 16.4. The largest absolute Gasteiger partial charge is 0.453 e. The molecule has 0 fully saturated rings. The molecule has 0 saturated carbocycles. The minimum atomic E-state index is -0.153. The molecule has 1 atom stereocenters. The molecular weight excluding hydrogens is 290 g/mol. The normalized spacial score (nSPS) is 12.1. The molecule has 1 N–H and O–H groups in total. The van der Waals surface area contributed by atoms with Crippen LogP contribution in [0.25, 0.3) is 11.0 Å². The SMILES string of the molecule is CC(=O)N[C@@H](C)c1ccc(C(=O)c2cc3ccccc3o2)cc1. The standard InChI is InChI=1S/C19H17NO3/c1-12(20-13(2)21)14-7-9-15(10-8-14)19(22)18-11-16-5-3-4-6-17(16)23-18/h3-12H,1-2H3,(H,20,21)/t12-/m0/s1. The van der Waals surface area contributed by atoms with Gasteiger partial charge < -0.3 is 9.73 Å². The van der Waals surface area contributed by atoms with Gasteiger partial charge in [0.1, 0.15) is 5.58 Å². The number of rotatable bonds is 4. The van der Waals surface area contributed by atoms with Gasteiger partial charge in [0.05, 0.1) is 6.04 Å². The number of hydrogen-bond donors (Lipinski definition) is 1. The molecule has 1 aromatic heterocycles. The van der Waals surface area contributed by atoms with Crippen LogP contribution in [-0.2, 0) is 4.79 Å². The predicted molar refractivity (Wildman–Crippen MR) is 88.3 cm³/mol. The first kappa shape index (κ1) is 15.0. The van der Waals surface area contributed by atoms with Crippen molar-refractivity contribution in [3.63, 3.8) is 0 Å². The Morgan fingerprint density at radius 2 is 1.74 bits per heavy atom. The fourth-order valence-electron chi connectivity index (χ4n) is 2.55. The molecule has 23 heavy (non-hydrogen) atoms. The van der Waals surface area contributed by atoms with E-state index in [1.807, 2.05) is 43.3 Å². The fraction of sp³-hybridized carbons (Fsp3) is 0.158. The third kappa shape index (κ3) is 3.16. The monoisotopic (exact) mass is 307 g/mol. The molecule has 2 aromatic carbocycles. The number of furan rings is 1. The summed E-state index contributed by atoms with van der Waals surface area (Å²) in [5.41, 5.74) is 2.20. The van der Waals surface area contributed by atoms with Gasteiger partial charge in [0.2, 0.25) is 11.7 Å². The van der Waals surface area contributed by atoms with Gasteiger partial charge in [0.15, 0.2) is 5.76 Å². The summed E-state index contributed by atoms with van der Waals surface area (Å²) in [7, 11) is 0. The number of amides is 1. The van der Waals surface area contributed by atoms with E-state index in [1.54, 1.807) is 18.2 Å². The van der Waals surface area contributed by atoms with Crippen LogP contribution in [0.5, 0.6) is 0 Å². The third-order valence-corrected chi connectivity index (χ3v) is 3.74. The van der Waals surface area contributed by atoms with E-state index in [2.05, 4.69) is 5.32 Å². The highest BCUT2D eigenvalue weighted by molar-refractivity contribution is 6.09. The van der Waals surface area contributed by atoms with Gasteiger partial charge in [-0.3, -0.25) is 9.59 Å². The van der Waals surface area contributed by atoms with E-state index in [1.165, 1.54) is 6.92 Å².